The van der Waals surface area contributed by atoms with Crippen molar-refractivity contribution in [2.45, 2.75) is 6.42 Å². The highest BCUT2D eigenvalue weighted by Gasteiger charge is 2.16. The second kappa shape index (κ2) is 7.74. The van der Waals surface area contributed by atoms with E-state index in [9.17, 15) is 9.36 Å². The van der Waals surface area contributed by atoms with Crippen LogP contribution in [0.15, 0.2) is 36.4 Å². The van der Waals surface area contributed by atoms with E-state index in [2.05, 4.69) is 4.52 Å². The van der Waals surface area contributed by atoms with E-state index in [0.717, 1.165) is 0 Å². The minimum atomic E-state index is -4.62. The van der Waals surface area contributed by atoms with Crippen LogP contribution in [0.3, 0.4) is 0 Å². The summed E-state index contributed by atoms with van der Waals surface area (Å²) in [4.78, 5) is 29.3. The molecule has 0 aliphatic heterocycles. The van der Waals surface area contributed by atoms with Gasteiger partial charge in [-0.3, -0.25) is 14.6 Å². The van der Waals surface area contributed by atoms with Gasteiger partial charge in [-0.25, -0.2) is 4.57 Å². The monoisotopic (exact) mass is 410 g/mol. The molecule has 0 saturated heterocycles. The fourth-order valence-corrected chi connectivity index (χ4v) is 2.69. The summed E-state index contributed by atoms with van der Waals surface area (Å²) in [5, 5.41) is 0.577. The smallest absolute Gasteiger partial charge is 0.425 e. The first-order chi connectivity index (χ1) is 11.1. The van der Waals surface area contributed by atoms with Crippen LogP contribution in [0.5, 0.6) is 11.5 Å². The molecule has 24 heavy (non-hydrogen) atoms. The lowest BCUT2D eigenvalue weighted by atomic mass is 10.1. The van der Waals surface area contributed by atoms with Crippen molar-refractivity contribution in [2.75, 3.05) is 0 Å². The maximum Gasteiger partial charge on any atom is 0.524 e. The van der Waals surface area contributed by atoms with Gasteiger partial charge in [0.25, 0.3) is 0 Å². The molecule has 0 aromatic heterocycles. The summed E-state index contributed by atoms with van der Waals surface area (Å²) in [7, 11) is -4.62. The molecule has 2 rings (SSSR count). The Balaban J connectivity index is 2.02. The van der Waals surface area contributed by atoms with Crippen molar-refractivity contribution in [3.63, 3.8) is 0 Å². The van der Waals surface area contributed by atoms with Crippen LogP contribution in [-0.2, 0) is 15.8 Å². The zero-order valence-electron chi connectivity index (χ0n) is 11.8. The molecule has 0 unspecified atom stereocenters. The zero-order valence-corrected chi connectivity index (χ0v) is 14.9. The van der Waals surface area contributed by atoms with Gasteiger partial charge in [0.1, 0.15) is 5.75 Å². The second-order valence-electron chi connectivity index (χ2n) is 4.57. The number of phosphoric ester groups is 1. The fourth-order valence-electron chi connectivity index (χ4n) is 1.71. The number of benzene rings is 2. The van der Waals surface area contributed by atoms with Gasteiger partial charge in [-0.1, -0.05) is 46.9 Å². The number of esters is 1. The Morgan fingerprint density at radius 1 is 1.00 bits per heavy atom. The molecule has 0 aliphatic rings. The Morgan fingerprint density at radius 2 is 1.58 bits per heavy atom. The van der Waals surface area contributed by atoms with Gasteiger partial charge < -0.3 is 9.26 Å². The van der Waals surface area contributed by atoms with E-state index in [1.54, 1.807) is 0 Å². The summed E-state index contributed by atoms with van der Waals surface area (Å²) < 4.78 is 20.2. The molecule has 2 N–H and O–H groups in total. The van der Waals surface area contributed by atoms with Crippen LogP contribution in [0, 0.1) is 0 Å². The molecule has 128 valence electrons. The number of hydrogen-bond donors (Lipinski definition) is 2. The molecular weight excluding hydrogens is 401 g/mol. The van der Waals surface area contributed by atoms with Gasteiger partial charge in [-0.2, -0.15) is 0 Å². The fraction of sp³-hybridized carbons (Fsp3) is 0.0714. The Labute approximate surface area is 152 Å². The van der Waals surface area contributed by atoms with Crippen molar-refractivity contribution in [2.24, 2.45) is 0 Å². The molecular formula is C14H10Cl3O6P. The van der Waals surface area contributed by atoms with Crippen molar-refractivity contribution in [1.82, 2.24) is 0 Å². The van der Waals surface area contributed by atoms with Crippen molar-refractivity contribution >= 4 is 48.6 Å². The van der Waals surface area contributed by atoms with E-state index in [-0.39, 0.29) is 33.0 Å². The molecule has 0 amide bonds. The molecule has 0 heterocycles. The molecule has 10 heteroatoms. The normalized spacial score (nSPS) is 11.2. The molecule has 0 aliphatic carbocycles. The molecule has 0 atom stereocenters. The number of carbonyl (C=O) groups is 1. The minimum Gasteiger partial charge on any atom is -0.425 e. The van der Waals surface area contributed by atoms with E-state index in [0.29, 0.717) is 5.56 Å². The quantitative estimate of drug-likeness (QED) is 0.330. The third-order valence-electron chi connectivity index (χ3n) is 2.69. The van der Waals surface area contributed by atoms with Gasteiger partial charge >= 0.3 is 13.8 Å². The summed E-state index contributed by atoms with van der Waals surface area (Å²) in [6.45, 7) is 0. The lowest BCUT2D eigenvalue weighted by Crippen LogP contribution is -2.11. The van der Waals surface area contributed by atoms with Crippen molar-refractivity contribution in [1.29, 1.82) is 0 Å². The topological polar surface area (TPSA) is 93.1 Å². The average Bonchev–Trinajstić information content (AvgIpc) is 2.45. The van der Waals surface area contributed by atoms with Crippen LogP contribution in [-0.4, -0.2) is 15.8 Å². The Morgan fingerprint density at radius 3 is 2.17 bits per heavy atom. The van der Waals surface area contributed by atoms with Crippen molar-refractivity contribution in [3.05, 3.63) is 57.0 Å². The highest BCUT2D eigenvalue weighted by Crippen LogP contribution is 2.37. The van der Waals surface area contributed by atoms with Crippen LogP contribution in [0.4, 0.5) is 0 Å². The van der Waals surface area contributed by atoms with Crippen molar-refractivity contribution in [3.8, 4) is 11.5 Å². The second-order valence-corrected chi connectivity index (χ2v) is 6.96. The maximum absolute atomic E-state index is 11.9. The third-order valence-corrected chi connectivity index (χ3v) is 4.16. The molecule has 0 fully saturated rings. The Kier molecular flexibility index (Phi) is 6.15. The van der Waals surface area contributed by atoms with Gasteiger partial charge in [0.05, 0.1) is 21.5 Å². The van der Waals surface area contributed by atoms with Gasteiger partial charge in [0.15, 0.2) is 5.75 Å². The average molecular weight is 412 g/mol. The van der Waals surface area contributed by atoms with Gasteiger partial charge in [-0.15, -0.1) is 0 Å². The van der Waals surface area contributed by atoms with Gasteiger partial charge in [0.2, 0.25) is 0 Å². The molecule has 2 aromatic carbocycles. The molecule has 0 radical (unpaired) electrons. The number of hydrogen-bond acceptors (Lipinski definition) is 4. The van der Waals surface area contributed by atoms with Crippen LogP contribution in [0.1, 0.15) is 5.56 Å². The highest BCUT2D eigenvalue weighted by molar-refractivity contribution is 7.46. The standard InChI is InChI=1S/C14H10Cl3O6P/c15-10-6-12(17)13(7-11(10)16)22-14(18)5-8-1-3-9(4-2-8)23-24(19,20)21/h1-4,6-7H,5H2,(H2,19,20,21). The Hall–Kier alpha value is -1.27. The summed E-state index contributed by atoms with van der Waals surface area (Å²) in [5.74, 6) is -0.538. The molecule has 0 bridgehead atoms. The molecule has 6 nitrogen and oxygen atoms in total. The zero-order chi connectivity index (χ0) is 17.9. The number of phosphoric acid groups is 1. The number of ether oxygens (including phenoxy) is 1. The molecule has 0 saturated carbocycles. The van der Waals surface area contributed by atoms with E-state index < -0.39 is 13.8 Å². The molecule has 0 spiro atoms. The predicted octanol–water partition coefficient (Wildman–Crippen LogP) is 4.27. The highest BCUT2D eigenvalue weighted by atomic mass is 35.5. The van der Waals surface area contributed by atoms with Crippen LogP contribution in [0.2, 0.25) is 15.1 Å². The first-order valence-electron chi connectivity index (χ1n) is 6.33. The third kappa shape index (κ3) is 5.67. The number of halogens is 3. The maximum atomic E-state index is 11.9. The summed E-state index contributed by atoms with van der Waals surface area (Å²) in [6.07, 6.45) is -0.0905. The SMILES string of the molecule is O=C(Cc1ccc(OP(=O)(O)O)cc1)Oc1cc(Cl)c(Cl)cc1Cl. The minimum absolute atomic E-state index is 0.0204. The van der Waals surface area contributed by atoms with E-state index in [1.165, 1.54) is 36.4 Å². The van der Waals surface area contributed by atoms with E-state index in [4.69, 9.17) is 49.3 Å². The number of rotatable bonds is 5. The first kappa shape index (κ1) is 19.1. The van der Waals surface area contributed by atoms with Crippen LogP contribution >= 0.6 is 42.6 Å². The van der Waals surface area contributed by atoms with E-state index in [1.807, 2.05) is 0 Å². The van der Waals surface area contributed by atoms with E-state index >= 15 is 0 Å². The summed E-state index contributed by atoms with van der Waals surface area (Å²) in [6, 6.07) is 8.30. The molecule has 2 aromatic rings. The lowest BCUT2D eigenvalue weighted by molar-refractivity contribution is -0.133. The first-order valence-corrected chi connectivity index (χ1v) is 9.00. The largest absolute Gasteiger partial charge is 0.524 e. The summed E-state index contributed by atoms with van der Waals surface area (Å²) >= 11 is 17.5. The van der Waals surface area contributed by atoms with Crippen LogP contribution in [0.25, 0.3) is 0 Å². The van der Waals surface area contributed by atoms with Crippen molar-refractivity contribution < 1.29 is 28.4 Å². The van der Waals surface area contributed by atoms with Gasteiger partial charge in [-0.05, 0) is 23.8 Å². The predicted molar refractivity (Wildman–Crippen MR) is 89.9 cm³/mol. The lowest BCUT2D eigenvalue weighted by Gasteiger charge is -2.09. The summed E-state index contributed by atoms with van der Waals surface area (Å²) in [5.41, 5.74) is 0.550. The Bertz CT molecular complexity index is 803. The van der Waals surface area contributed by atoms with Gasteiger partial charge in [0, 0.05) is 6.07 Å². The van der Waals surface area contributed by atoms with Crippen LogP contribution < -0.4 is 9.26 Å². The number of carbonyl (C=O) groups excluding carboxylic acids is 1.